The first-order valence-electron chi connectivity index (χ1n) is 7.83. The quantitative estimate of drug-likeness (QED) is 0.878. The van der Waals surface area contributed by atoms with Crippen molar-refractivity contribution in [1.82, 2.24) is 5.32 Å². The van der Waals surface area contributed by atoms with Gasteiger partial charge in [-0.15, -0.1) is 0 Å². The van der Waals surface area contributed by atoms with Gasteiger partial charge in [0.15, 0.2) is 0 Å². The Labute approximate surface area is 130 Å². The summed E-state index contributed by atoms with van der Waals surface area (Å²) in [4.78, 5) is 11.9. The topological polar surface area (TPSA) is 46.2 Å². The smallest absolute Gasteiger partial charge is 0.221 e. The fourth-order valence-electron chi connectivity index (χ4n) is 2.81. The predicted molar refractivity (Wildman–Crippen MR) is 87.5 cm³/mol. The van der Waals surface area contributed by atoms with Gasteiger partial charge in [-0.25, -0.2) is 0 Å². The first-order valence-corrected chi connectivity index (χ1v) is 9.32. The molecule has 0 bridgehead atoms. The molecule has 4 heteroatoms. The van der Waals surface area contributed by atoms with E-state index in [1.54, 1.807) is 0 Å². The van der Waals surface area contributed by atoms with Gasteiger partial charge in [0.05, 0.1) is 0 Å². The van der Waals surface area contributed by atoms with Crippen molar-refractivity contribution in [1.29, 1.82) is 0 Å². The monoisotopic (exact) mass is 307 g/mol. The third-order valence-corrected chi connectivity index (χ3v) is 5.25. The average Bonchev–Trinajstić information content (AvgIpc) is 2.46. The van der Waals surface area contributed by atoms with Crippen molar-refractivity contribution in [2.75, 3.05) is 5.75 Å². The maximum absolute atomic E-state index is 12.1. The van der Waals surface area contributed by atoms with Crippen LogP contribution in [-0.4, -0.2) is 21.9 Å². The molecular weight excluding hydrogens is 282 g/mol. The van der Waals surface area contributed by atoms with Gasteiger partial charge >= 0.3 is 0 Å². The number of hydrogen-bond donors (Lipinski definition) is 1. The Morgan fingerprint density at radius 2 is 2.05 bits per heavy atom. The van der Waals surface area contributed by atoms with Gasteiger partial charge in [0.25, 0.3) is 0 Å². The summed E-state index contributed by atoms with van der Waals surface area (Å²) in [5, 5.41) is 3.07. The van der Waals surface area contributed by atoms with E-state index >= 15 is 0 Å². The average molecular weight is 307 g/mol. The van der Waals surface area contributed by atoms with Gasteiger partial charge < -0.3 is 5.32 Å². The summed E-state index contributed by atoms with van der Waals surface area (Å²) in [6.45, 7) is 2.03. The molecular formula is C17H25NO2S. The molecule has 0 saturated heterocycles. The van der Waals surface area contributed by atoms with E-state index < -0.39 is 10.8 Å². The molecule has 1 saturated carbocycles. The van der Waals surface area contributed by atoms with Crippen LogP contribution in [0.5, 0.6) is 0 Å². The summed E-state index contributed by atoms with van der Waals surface area (Å²) in [5.74, 6) is 1.05. The second-order valence-corrected chi connectivity index (χ2v) is 7.51. The van der Waals surface area contributed by atoms with Crippen molar-refractivity contribution in [3.05, 3.63) is 35.4 Å². The maximum Gasteiger partial charge on any atom is 0.221 e. The lowest BCUT2D eigenvalue weighted by atomic mass is 9.95. The Morgan fingerprint density at radius 1 is 1.29 bits per heavy atom. The van der Waals surface area contributed by atoms with Crippen LogP contribution in [0, 0.1) is 6.92 Å². The lowest BCUT2D eigenvalue weighted by molar-refractivity contribution is -0.121. The molecule has 1 fully saturated rings. The van der Waals surface area contributed by atoms with Crippen molar-refractivity contribution in [2.45, 2.75) is 57.2 Å². The zero-order valence-electron chi connectivity index (χ0n) is 12.8. The van der Waals surface area contributed by atoms with Crippen LogP contribution in [-0.2, 0) is 21.3 Å². The number of hydrogen-bond acceptors (Lipinski definition) is 2. The van der Waals surface area contributed by atoms with Crippen molar-refractivity contribution in [2.24, 2.45) is 0 Å². The van der Waals surface area contributed by atoms with E-state index in [0.29, 0.717) is 24.0 Å². The number of aryl methyl sites for hydroxylation is 1. The lowest BCUT2D eigenvalue weighted by Crippen LogP contribution is -2.36. The highest BCUT2D eigenvalue weighted by Crippen LogP contribution is 2.17. The summed E-state index contributed by atoms with van der Waals surface area (Å²) in [6.07, 6.45) is 6.27. The van der Waals surface area contributed by atoms with E-state index in [0.717, 1.165) is 18.4 Å². The molecule has 0 heterocycles. The molecule has 116 valence electrons. The van der Waals surface area contributed by atoms with Gasteiger partial charge in [-0.05, 0) is 25.3 Å². The van der Waals surface area contributed by atoms with E-state index in [1.807, 2.05) is 25.1 Å². The molecule has 1 aliphatic rings. The molecule has 0 unspecified atom stereocenters. The summed E-state index contributed by atoms with van der Waals surface area (Å²) in [6, 6.07) is 8.41. The zero-order valence-corrected chi connectivity index (χ0v) is 13.6. The molecule has 1 amide bonds. The van der Waals surface area contributed by atoms with Crippen molar-refractivity contribution >= 4 is 16.7 Å². The second kappa shape index (κ2) is 8.32. The minimum absolute atomic E-state index is 0.0551. The van der Waals surface area contributed by atoms with Crippen LogP contribution >= 0.6 is 0 Å². The number of nitrogens with one attached hydrogen (secondary N) is 1. The Kier molecular flexibility index (Phi) is 6.43. The van der Waals surface area contributed by atoms with Crippen LogP contribution in [0.2, 0.25) is 0 Å². The minimum Gasteiger partial charge on any atom is -0.353 e. The fraction of sp³-hybridized carbons (Fsp3) is 0.588. The number of rotatable bonds is 6. The largest absolute Gasteiger partial charge is 0.353 e. The van der Waals surface area contributed by atoms with Crippen LogP contribution in [0.15, 0.2) is 24.3 Å². The van der Waals surface area contributed by atoms with Crippen LogP contribution in [0.25, 0.3) is 0 Å². The number of benzene rings is 1. The van der Waals surface area contributed by atoms with Gasteiger partial charge in [0.1, 0.15) is 0 Å². The van der Waals surface area contributed by atoms with E-state index in [9.17, 15) is 9.00 Å². The normalized spacial score (nSPS) is 17.4. The SMILES string of the molecule is Cc1cccc(C[S@@](=O)CCC(=O)NC2CCCCC2)c1. The van der Waals surface area contributed by atoms with Gasteiger partial charge in [0.2, 0.25) is 5.91 Å². The van der Waals surface area contributed by atoms with Gasteiger partial charge in [-0.1, -0.05) is 49.1 Å². The standard InChI is InChI=1S/C17H25NO2S/c1-14-6-5-7-15(12-14)13-21(20)11-10-17(19)18-16-8-3-2-4-9-16/h5-7,12,16H,2-4,8-11,13H2,1H3,(H,18,19)/t21-/m0/s1. The van der Waals surface area contributed by atoms with Gasteiger partial charge in [0, 0.05) is 34.8 Å². The highest BCUT2D eigenvalue weighted by Gasteiger charge is 2.16. The van der Waals surface area contributed by atoms with Gasteiger partial charge in [-0.3, -0.25) is 9.00 Å². The maximum atomic E-state index is 12.1. The number of amides is 1. The Balaban J connectivity index is 1.69. The Bertz CT molecular complexity index is 495. The minimum atomic E-state index is -0.967. The summed E-state index contributed by atoms with van der Waals surface area (Å²) < 4.78 is 12.1. The van der Waals surface area contributed by atoms with E-state index in [-0.39, 0.29) is 5.91 Å². The Hall–Kier alpha value is -1.16. The number of carbonyl (C=O) groups is 1. The summed E-state index contributed by atoms with van der Waals surface area (Å²) in [7, 11) is -0.967. The van der Waals surface area contributed by atoms with E-state index in [1.165, 1.54) is 24.8 Å². The highest BCUT2D eigenvalue weighted by molar-refractivity contribution is 7.84. The molecule has 1 N–H and O–H groups in total. The predicted octanol–water partition coefficient (Wildman–Crippen LogP) is 3.08. The summed E-state index contributed by atoms with van der Waals surface area (Å²) >= 11 is 0. The first-order chi connectivity index (χ1) is 10.1. The number of carbonyl (C=O) groups excluding carboxylic acids is 1. The van der Waals surface area contributed by atoms with E-state index in [4.69, 9.17) is 0 Å². The molecule has 1 aromatic rings. The molecule has 2 rings (SSSR count). The molecule has 3 nitrogen and oxygen atoms in total. The molecule has 1 aromatic carbocycles. The molecule has 1 atom stereocenters. The van der Waals surface area contributed by atoms with Crippen molar-refractivity contribution < 1.29 is 9.00 Å². The second-order valence-electron chi connectivity index (χ2n) is 5.93. The van der Waals surface area contributed by atoms with Crippen LogP contribution < -0.4 is 5.32 Å². The fourth-order valence-corrected chi connectivity index (χ4v) is 3.92. The van der Waals surface area contributed by atoms with Crippen LogP contribution in [0.1, 0.15) is 49.7 Å². The molecule has 0 aliphatic heterocycles. The van der Waals surface area contributed by atoms with Crippen LogP contribution in [0.4, 0.5) is 0 Å². The third-order valence-electron chi connectivity index (χ3n) is 3.94. The highest BCUT2D eigenvalue weighted by atomic mass is 32.2. The summed E-state index contributed by atoms with van der Waals surface area (Å²) in [5.41, 5.74) is 2.26. The van der Waals surface area contributed by atoms with Crippen molar-refractivity contribution in [3.8, 4) is 0 Å². The van der Waals surface area contributed by atoms with E-state index in [2.05, 4.69) is 11.4 Å². The van der Waals surface area contributed by atoms with Crippen molar-refractivity contribution in [3.63, 3.8) is 0 Å². The van der Waals surface area contributed by atoms with Crippen LogP contribution in [0.3, 0.4) is 0 Å². The zero-order chi connectivity index (χ0) is 15.1. The first kappa shape index (κ1) is 16.2. The molecule has 1 aliphatic carbocycles. The third kappa shape index (κ3) is 6.00. The Morgan fingerprint density at radius 3 is 2.76 bits per heavy atom. The molecule has 0 aromatic heterocycles. The molecule has 21 heavy (non-hydrogen) atoms. The lowest BCUT2D eigenvalue weighted by Gasteiger charge is -2.22. The van der Waals surface area contributed by atoms with Gasteiger partial charge in [-0.2, -0.15) is 0 Å². The molecule has 0 radical (unpaired) electrons. The molecule has 0 spiro atoms.